The zero-order valence-corrected chi connectivity index (χ0v) is 11.6. The topological polar surface area (TPSA) is 73.3 Å². The second kappa shape index (κ2) is 5.28. The van der Waals surface area contributed by atoms with E-state index < -0.39 is 20.6 Å². The van der Waals surface area contributed by atoms with Crippen molar-refractivity contribution in [2.75, 3.05) is 12.9 Å². The Morgan fingerprint density at radius 1 is 1.47 bits per heavy atom. The molecular formula is C13H17NO4S. The fourth-order valence-corrected chi connectivity index (χ4v) is 4.69. The van der Waals surface area contributed by atoms with Crippen molar-refractivity contribution < 1.29 is 17.9 Å². The summed E-state index contributed by atoms with van der Waals surface area (Å²) < 4.78 is 27.7. The molecule has 5 nitrogen and oxygen atoms in total. The van der Waals surface area contributed by atoms with Gasteiger partial charge in [-0.2, -0.15) is 0 Å². The van der Waals surface area contributed by atoms with Crippen molar-refractivity contribution in [3.8, 4) is 0 Å². The molecule has 1 aliphatic rings. The standard InChI is InChI=1S/C13H17NO4S/c1-18-12(15)13(7-4-10-19(13,16)17)8-6-11-5-2-3-9-14-11/h2-3,5,9H,4,6-8,10H2,1H3. The molecule has 0 saturated carbocycles. The van der Waals surface area contributed by atoms with Crippen LogP contribution in [0.15, 0.2) is 24.4 Å². The fraction of sp³-hybridized carbons (Fsp3) is 0.538. The Balaban J connectivity index is 2.23. The first-order valence-electron chi connectivity index (χ1n) is 6.22. The van der Waals surface area contributed by atoms with Gasteiger partial charge in [0.15, 0.2) is 14.6 Å². The first-order chi connectivity index (χ1) is 9.02. The number of rotatable bonds is 4. The van der Waals surface area contributed by atoms with Crippen molar-refractivity contribution in [2.24, 2.45) is 0 Å². The summed E-state index contributed by atoms with van der Waals surface area (Å²) in [6.07, 6.45) is 3.20. The maximum absolute atomic E-state index is 12.2. The van der Waals surface area contributed by atoms with Gasteiger partial charge in [-0.1, -0.05) is 6.07 Å². The number of hydrogen-bond acceptors (Lipinski definition) is 5. The molecule has 1 saturated heterocycles. The van der Waals surface area contributed by atoms with Gasteiger partial charge in [-0.25, -0.2) is 8.42 Å². The summed E-state index contributed by atoms with van der Waals surface area (Å²) in [5.74, 6) is -0.578. The first kappa shape index (κ1) is 14.0. The predicted molar refractivity (Wildman–Crippen MR) is 70.3 cm³/mol. The van der Waals surface area contributed by atoms with E-state index in [2.05, 4.69) is 4.98 Å². The number of ether oxygens (including phenoxy) is 1. The summed E-state index contributed by atoms with van der Waals surface area (Å²) in [4.78, 5) is 16.1. The number of sulfone groups is 1. The molecule has 6 heteroatoms. The molecule has 2 rings (SSSR count). The summed E-state index contributed by atoms with van der Waals surface area (Å²) in [7, 11) is -2.20. The predicted octanol–water partition coefficient (Wildman–Crippen LogP) is 1.13. The van der Waals surface area contributed by atoms with E-state index in [9.17, 15) is 13.2 Å². The van der Waals surface area contributed by atoms with Crippen molar-refractivity contribution >= 4 is 15.8 Å². The molecule has 1 fully saturated rings. The van der Waals surface area contributed by atoms with Crippen molar-refractivity contribution in [3.05, 3.63) is 30.1 Å². The van der Waals surface area contributed by atoms with E-state index in [0.717, 1.165) is 5.69 Å². The minimum absolute atomic E-state index is 0.0598. The van der Waals surface area contributed by atoms with Crippen LogP contribution in [0.1, 0.15) is 25.0 Å². The molecule has 0 amide bonds. The number of carbonyl (C=O) groups is 1. The van der Waals surface area contributed by atoms with E-state index in [-0.39, 0.29) is 12.2 Å². The largest absolute Gasteiger partial charge is 0.468 e. The lowest BCUT2D eigenvalue weighted by Gasteiger charge is -2.24. The zero-order valence-electron chi connectivity index (χ0n) is 10.8. The third kappa shape index (κ3) is 2.49. The van der Waals surface area contributed by atoms with Gasteiger partial charge >= 0.3 is 5.97 Å². The van der Waals surface area contributed by atoms with Crippen molar-refractivity contribution in [2.45, 2.75) is 30.4 Å². The van der Waals surface area contributed by atoms with Gasteiger partial charge in [0.25, 0.3) is 0 Å². The van der Waals surface area contributed by atoms with Gasteiger partial charge in [0.05, 0.1) is 12.9 Å². The Labute approximate surface area is 112 Å². The van der Waals surface area contributed by atoms with Gasteiger partial charge in [-0.3, -0.25) is 9.78 Å². The van der Waals surface area contributed by atoms with Crippen LogP contribution in [-0.2, 0) is 25.8 Å². The number of nitrogens with zero attached hydrogens (tertiary/aromatic N) is 1. The van der Waals surface area contributed by atoms with E-state index in [1.54, 1.807) is 12.3 Å². The fourth-order valence-electron chi connectivity index (χ4n) is 2.57. The highest BCUT2D eigenvalue weighted by Crippen LogP contribution is 2.37. The number of carbonyl (C=O) groups excluding carboxylic acids is 1. The average Bonchev–Trinajstić information content (AvgIpc) is 2.72. The van der Waals surface area contributed by atoms with E-state index in [4.69, 9.17) is 4.74 Å². The minimum Gasteiger partial charge on any atom is -0.468 e. The van der Waals surface area contributed by atoms with E-state index in [1.165, 1.54) is 7.11 Å². The van der Waals surface area contributed by atoms with E-state index in [0.29, 0.717) is 19.3 Å². The number of methoxy groups -OCH3 is 1. The number of pyridine rings is 1. The highest BCUT2D eigenvalue weighted by molar-refractivity contribution is 7.93. The molecule has 1 aliphatic heterocycles. The third-order valence-electron chi connectivity index (χ3n) is 3.66. The third-order valence-corrected chi connectivity index (χ3v) is 6.25. The Kier molecular flexibility index (Phi) is 3.89. The van der Waals surface area contributed by atoms with Gasteiger partial charge in [-0.05, 0) is 37.8 Å². The molecule has 104 valence electrons. The summed E-state index contributed by atoms with van der Waals surface area (Å²) in [6, 6.07) is 5.47. The van der Waals surface area contributed by atoms with Crippen LogP contribution in [0.4, 0.5) is 0 Å². The summed E-state index contributed by atoms with van der Waals surface area (Å²) in [5.41, 5.74) is 0.785. The van der Waals surface area contributed by atoms with Crippen LogP contribution < -0.4 is 0 Å². The molecule has 1 aromatic heterocycles. The molecule has 0 bridgehead atoms. The smallest absolute Gasteiger partial charge is 0.327 e. The Bertz CT molecular complexity index is 555. The van der Waals surface area contributed by atoms with Crippen molar-refractivity contribution in [1.29, 1.82) is 0 Å². The second-order valence-electron chi connectivity index (χ2n) is 4.73. The second-order valence-corrected chi connectivity index (χ2v) is 7.15. The van der Waals surface area contributed by atoms with Crippen molar-refractivity contribution in [1.82, 2.24) is 4.98 Å². The van der Waals surface area contributed by atoms with Crippen LogP contribution in [-0.4, -0.2) is 37.0 Å². The first-order valence-corrected chi connectivity index (χ1v) is 7.88. The molecule has 19 heavy (non-hydrogen) atoms. The molecule has 0 radical (unpaired) electrons. The molecular weight excluding hydrogens is 266 g/mol. The highest BCUT2D eigenvalue weighted by atomic mass is 32.2. The molecule has 1 aromatic rings. The van der Waals surface area contributed by atoms with Crippen LogP contribution in [0.5, 0.6) is 0 Å². The lowest BCUT2D eigenvalue weighted by atomic mass is 9.96. The number of aryl methyl sites for hydroxylation is 1. The highest BCUT2D eigenvalue weighted by Gasteiger charge is 2.54. The molecule has 0 aromatic carbocycles. The Morgan fingerprint density at radius 3 is 2.79 bits per heavy atom. The molecule has 1 atom stereocenters. The van der Waals surface area contributed by atoms with Crippen LogP contribution in [0, 0.1) is 0 Å². The number of hydrogen-bond donors (Lipinski definition) is 0. The van der Waals surface area contributed by atoms with Crippen molar-refractivity contribution in [3.63, 3.8) is 0 Å². The quantitative estimate of drug-likeness (QED) is 0.775. The van der Waals surface area contributed by atoms with Gasteiger partial charge in [-0.15, -0.1) is 0 Å². The van der Waals surface area contributed by atoms with Gasteiger partial charge in [0.1, 0.15) is 0 Å². The van der Waals surface area contributed by atoms with E-state index in [1.807, 2.05) is 12.1 Å². The molecule has 0 N–H and O–H groups in total. The molecule has 0 spiro atoms. The Morgan fingerprint density at radius 2 is 2.26 bits per heavy atom. The lowest BCUT2D eigenvalue weighted by Crippen LogP contribution is -2.44. The summed E-state index contributed by atoms with van der Waals surface area (Å²) in [5, 5.41) is 0. The lowest BCUT2D eigenvalue weighted by molar-refractivity contribution is -0.144. The maximum Gasteiger partial charge on any atom is 0.327 e. The summed E-state index contributed by atoms with van der Waals surface area (Å²) >= 11 is 0. The molecule has 2 heterocycles. The molecule has 1 unspecified atom stereocenters. The SMILES string of the molecule is COC(=O)C1(CCc2ccccn2)CCCS1(=O)=O. The molecule has 0 aliphatic carbocycles. The van der Waals surface area contributed by atoms with Gasteiger partial charge < -0.3 is 4.74 Å². The van der Waals surface area contributed by atoms with E-state index >= 15 is 0 Å². The normalized spacial score (nSPS) is 25.1. The average molecular weight is 283 g/mol. The zero-order chi connectivity index (χ0) is 13.9. The van der Waals surface area contributed by atoms with Gasteiger partial charge in [0.2, 0.25) is 0 Å². The minimum atomic E-state index is -3.43. The van der Waals surface area contributed by atoms with Gasteiger partial charge in [0, 0.05) is 11.9 Å². The number of aromatic nitrogens is 1. The Hall–Kier alpha value is -1.43. The van der Waals surface area contributed by atoms with Crippen LogP contribution >= 0.6 is 0 Å². The van der Waals surface area contributed by atoms with Crippen LogP contribution in [0.2, 0.25) is 0 Å². The monoisotopic (exact) mass is 283 g/mol. The van der Waals surface area contributed by atoms with Crippen LogP contribution in [0.3, 0.4) is 0 Å². The number of esters is 1. The maximum atomic E-state index is 12.2. The summed E-state index contributed by atoms with van der Waals surface area (Å²) in [6.45, 7) is 0. The van der Waals surface area contributed by atoms with Crippen LogP contribution in [0.25, 0.3) is 0 Å².